The van der Waals surface area contributed by atoms with Crippen molar-refractivity contribution in [1.82, 2.24) is 0 Å². The minimum atomic E-state index is 0.512. The summed E-state index contributed by atoms with van der Waals surface area (Å²) in [6.45, 7) is 0.512. The summed E-state index contributed by atoms with van der Waals surface area (Å²) in [5.74, 6) is 4.20. The molecule has 0 aliphatic rings. The summed E-state index contributed by atoms with van der Waals surface area (Å²) in [7, 11) is 1.65. The molecule has 0 unspecified atom stereocenters. The third kappa shape index (κ3) is 3.05. The van der Waals surface area contributed by atoms with Gasteiger partial charge in [-0.3, -0.25) is 0 Å². The third-order valence-electron chi connectivity index (χ3n) is 2.57. The van der Waals surface area contributed by atoms with Gasteiger partial charge < -0.3 is 9.47 Å². The van der Waals surface area contributed by atoms with Crippen LogP contribution >= 0.6 is 0 Å². The monoisotopic (exact) mass is 238 g/mol. The van der Waals surface area contributed by atoms with E-state index in [9.17, 15) is 0 Å². The first kappa shape index (κ1) is 12.1. The summed E-state index contributed by atoms with van der Waals surface area (Å²) < 4.78 is 10.8. The highest BCUT2D eigenvalue weighted by molar-refractivity contribution is 5.38. The van der Waals surface area contributed by atoms with Gasteiger partial charge in [0, 0.05) is 5.56 Å². The van der Waals surface area contributed by atoms with E-state index in [0.29, 0.717) is 6.61 Å². The lowest BCUT2D eigenvalue weighted by atomic mass is 10.2. The molecule has 0 aliphatic heterocycles. The molecule has 0 saturated carbocycles. The van der Waals surface area contributed by atoms with Crippen molar-refractivity contribution in [3.8, 4) is 23.8 Å². The molecule has 0 saturated heterocycles. The Kier molecular flexibility index (Phi) is 3.88. The van der Waals surface area contributed by atoms with Crippen molar-refractivity contribution in [3.63, 3.8) is 0 Å². The highest BCUT2D eigenvalue weighted by Gasteiger charge is 1.97. The molecule has 0 heterocycles. The van der Waals surface area contributed by atoms with Crippen molar-refractivity contribution in [3.05, 3.63) is 59.7 Å². The number of ether oxygens (including phenoxy) is 2. The van der Waals surface area contributed by atoms with E-state index < -0.39 is 0 Å². The Hall–Kier alpha value is -2.40. The molecule has 90 valence electrons. The van der Waals surface area contributed by atoms with Crippen LogP contribution in [0, 0.1) is 12.3 Å². The fourth-order valence-electron chi connectivity index (χ4n) is 1.56. The lowest BCUT2D eigenvalue weighted by Gasteiger charge is -2.07. The van der Waals surface area contributed by atoms with Crippen molar-refractivity contribution in [2.45, 2.75) is 6.61 Å². The topological polar surface area (TPSA) is 18.5 Å². The number of hydrogen-bond donors (Lipinski definition) is 0. The SMILES string of the molecule is C#Cc1cccc(OCc2ccc(OC)cc2)c1. The van der Waals surface area contributed by atoms with Gasteiger partial charge in [-0.25, -0.2) is 0 Å². The van der Waals surface area contributed by atoms with E-state index in [-0.39, 0.29) is 0 Å². The first-order valence-corrected chi connectivity index (χ1v) is 5.64. The van der Waals surface area contributed by atoms with E-state index in [4.69, 9.17) is 15.9 Å². The Morgan fingerprint density at radius 2 is 1.83 bits per heavy atom. The molecule has 0 bridgehead atoms. The summed E-state index contributed by atoms with van der Waals surface area (Å²) in [6.07, 6.45) is 5.34. The molecule has 0 radical (unpaired) electrons. The predicted molar refractivity (Wildman–Crippen MR) is 71.7 cm³/mol. The number of hydrogen-bond acceptors (Lipinski definition) is 2. The largest absolute Gasteiger partial charge is 0.497 e. The molecule has 0 amide bonds. The Morgan fingerprint density at radius 1 is 1.06 bits per heavy atom. The molecule has 0 N–H and O–H groups in total. The van der Waals surface area contributed by atoms with Gasteiger partial charge in [0.25, 0.3) is 0 Å². The third-order valence-corrected chi connectivity index (χ3v) is 2.57. The van der Waals surface area contributed by atoms with E-state index in [1.54, 1.807) is 7.11 Å². The van der Waals surface area contributed by atoms with Gasteiger partial charge in [-0.05, 0) is 35.9 Å². The summed E-state index contributed by atoms with van der Waals surface area (Å²) >= 11 is 0. The average molecular weight is 238 g/mol. The molecule has 2 aromatic carbocycles. The number of benzene rings is 2. The first-order valence-electron chi connectivity index (χ1n) is 5.64. The molecular formula is C16H14O2. The summed E-state index contributed by atoms with van der Waals surface area (Å²) in [6, 6.07) is 15.3. The zero-order chi connectivity index (χ0) is 12.8. The van der Waals surface area contributed by atoms with Crippen LogP contribution in [0.25, 0.3) is 0 Å². The van der Waals surface area contributed by atoms with Gasteiger partial charge >= 0.3 is 0 Å². The van der Waals surface area contributed by atoms with E-state index in [0.717, 1.165) is 22.6 Å². The number of methoxy groups -OCH3 is 1. The summed E-state index contributed by atoms with van der Waals surface area (Å²) in [4.78, 5) is 0. The Labute approximate surface area is 107 Å². The highest BCUT2D eigenvalue weighted by atomic mass is 16.5. The van der Waals surface area contributed by atoms with Crippen LogP contribution in [0.2, 0.25) is 0 Å². The Bertz CT molecular complexity index is 550. The molecule has 0 spiro atoms. The predicted octanol–water partition coefficient (Wildman–Crippen LogP) is 3.26. The molecular weight excluding hydrogens is 224 g/mol. The maximum absolute atomic E-state index is 5.67. The fraction of sp³-hybridized carbons (Fsp3) is 0.125. The van der Waals surface area contributed by atoms with Gasteiger partial charge in [-0.2, -0.15) is 0 Å². The normalized spacial score (nSPS) is 9.56. The second-order valence-corrected chi connectivity index (χ2v) is 3.81. The molecule has 18 heavy (non-hydrogen) atoms. The van der Waals surface area contributed by atoms with Crippen molar-refractivity contribution < 1.29 is 9.47 Å². The molecule has 2 aromatic rings. The van der Waals surface area contributed by atoms with E-state index in [1.807, 2.05) is 48.5 Å². The van der Waals surface area contributed by atoms with Crippen LogP contribution in [0.1, 0.15) is 11.1 Å². The lowest BCUT2D eigenvalue weighted by molar-refractivity contribution is 0.306. The lowest BCUT2D eigenvalue weighted by Crippen LogP contribution is -1.95. The molecule has 0 atom stereocenters. The van der Waals surface area contributed by atoms with Crippen molar-refractivity contribution in [2.24, 2.45) is 0 Å². The van der Waals surface area contributed by atoms with E-state index in [1.165, 1.54) is 0 Å². The van der Waals surface area contributed by atoms with Crippen LogP contribution in [-0.4, -0.2) is 7.11 Å². The molecule has 2 heteroatoms. The quantitative estimate of drug-likeness (QED) is 0.761. The summed E-state index contributed by atoms with van der Waals surface area (Å²) in [5.41, 5.74) is 1.91. The standard InChI is InChI=1S/C16H14O2/c1-3-13-5-4-6-16(11-13)18-12-14-7-9-15(17-2)10-8-14/h1,4-11H,12H2,2H3. The number of terminal acetylenes is 1. The summed E-state index contributed by atoms with van der Waals surface area (Å²) in [5, 5.41) is 0. The van der Waals surface area contributed by atoms with Crippen LogP contribution in [0.15, 0.2) is 48.5 Å². The van der Waals surface area contributed by atoms with Crippen molar-refractivity contribution >= 4 is 0 Å². The number of rotatable bonds is 4. The Balaban J connectivity index is 2.00. The molecule has 0 fully saturated rings. The zero-order valence-corrected chi connectivity index (χ0v) is 10.2. The van der Waals surface area contributed by atoms with Crippen LogP contribution in [0.5, 0.6) is 11.5 Å². The molecule has 0 aliphatic carbocycles. The van der Waals surface area contributed by atoms with Crippen molar-refractivity contribution in [1.29, 1.82) is 0 Å². The second-order valence-electron chi connectivity index (χ2n) is 3.81. The highest BCUT2D eigenvalue weighted by Crippen LogP contribution is 2.16. The van der Waals surface area contributed by atoms with Gasteiger partial charge in [0.15, 0.2) is 0 Å². The van der Waals surface area contributed by atoms with Crippen LogP contribution in [0.3, 0.4) is 0 Å². The molecule has 0 aromatic heterocycles. The van der Waals surface area contributed by atoms with E-state index >= 15 is 0 Å². The minimum Gasteiger partial charge on any atom is -0.497 e. The van der Waals surface area contributed by atoms with Crippen LogP contribution in [-0.2, 0) is 6.61 Å². The smallest absolute Gasteiger partial charge is 0.121 e. The first-order chi connectivity index (χ1) is 8.81. The molecule has 2 rings (SSSR count). The fourth-order valence-corrected chi connectivity index (χ4v) is 1.56. The maximum Gasteiger partial charge on any atom is 0.121 e. The van der Waals surface area contributed by atoms with Crippen LogP contribution in [0.4, 0.5) is 0 Å². The molecule has 2 nitrogen and oxygen atoms in total. The van der Waals surface area contributed by atoms with Crippen molar-refractivity contribution in [2.75, 3.05) is 7.11 Å². The van der Waals surface area contributed by atoms with Gasteiger partial charge in [0.1, 0.15) is 18.1 Å². The maximum atomic E-state index is 5.67. The Morgan fingerprint density at radius 3 is 2.50 bits per heavy atom. The zero-order valence-electron chi connectivity index (χ0n) is 10.2. The van der Waals surface area contributed by atoms with Gasteiger partial charge in [-0.1, -0.05) is 24.1 Å². The van der Waals surface area contributed by atoms with Gasteiger partial charge in [0.2, 0.25) is 0 Å². The minimum absolute atomic E-state index is 0.512. The second kappa shape index (κ2) is 5.79. The van der Waals surface area contributed by atoms with E-state index in [2.05, 4.69) is 5.92 Å². The van der Waals surface area contributed by atoms with Crippen LogP contribution < -0.4 is 9.47 Å². The average Bonchev–Trinajstić information content (AvgIpc) is 2.46. The van der Waals surface area contributed by atoms with Gasteiger partial charge in [0.05, 0.1) is 7.11 Å². The van der Waals surface area contributed by atoms with Gasteiger partial charge in [-0.15, -0.1) is 6.42 Å².